The van der Waals surface area contributed by atoms with Gasteiger partial charge >= 0.3 is 0 Å². The first kappa shape index (κ1) is 11.5. The van der Waals surface area contributed by atoms with Crippen molar-refractivity contribution in [2.24, 2.45) is 0 Å². The lowest BCUT2D eigenvalue weighted by atomic mass is 10.2. The summed E-state index contributed by atoms with van der Waals surface area (Å²) in [7, 11) is 0. The summed E-state index contributed by atoms with van der Waals surface area (Å²) in [5.41, 5.74) is 0. The zero-order valence-corrected chi connectivity index (χ0v) is 10.2. The molecule has 0 heterocycles. The quantitative estimate of drug-likeness (QED) is 0.529. The Morgan fingerprint density at radius 1 is 1.20 bits per heavy atom. The Balaban J connectivity index is 3.13. The summed E-state index contributed by atoms with van der Waals surface area (Å²) >= 11 is 18.0. The van der Waals surface area contributed by atoms with E-state index in [-0.39, 0.29) is 4.29 Å². The molecule has 0 N–H and O–H groups in total. The molecule has 0 radical (unpaired) electrons. The van der Waals surface area contributed by atoms with Gasteiger partial charge in [-0.1, -0.05) is 38.3 Å². The van der Waals surface area contributed by atoms with Gasteiger partial charge in [0.2, 0.25) is 0 Å². The molecule has 0 aliphatic rings. The van der Waals surface area contributed by atoms with Crippen LogP contribution in [0.2, 0.25) is 0 Å². The van der Waals surface area contributed by atoms with E-state index in [4.69, 9.17) is 23.2 Å². The van der Waals surface area contributed by atoms with Crippen LogP contribution < -0.4 is 0 Å². The second kappa shape index (κ2) is 7.20. The molecule has 0 bridgehead atoms. The monoisotopic (exact) mass is 310 g/mol. The number of unbranched alkanes of at least 4 members (excludes halogenated alkanes) is 1. The average Bonchev–Trinajstić information content (AvgIpc) is 1.88. The molecule has 0 aromatic rings. The minimum atomic E-state index is 0.0304. The Bertz CT molecular complexity index is 78.1. The zero-order chi connectivity index (χ0) is 7.98. The first-order valence-electron chi connectivity index (χ1n) is 3.16. The molecule has 0 aliphatic heterocycles. The zero-order valence-electron chi connectivity index (χ0n) is 5.49. The fourth-order valence-electron chi connectivity index (χ4n) is 0.560. The summed E-state index contributed by atoms with van der Waals surface area (Å²) in [4.78, 5) is 0.359. The van der Waals surface area contributed by atoms with Gasteiger partial charge in [-0.05, 0) is 12.8 Å². The van der Waals surface area contributed by atoms with Crippen LogP contribution in [0.1, 0.15) is 19.3 Å². The molecule has 2 unspecified atom stereocenters. The minimum Gasteiger partial charge on any atom is -0.127 e. The molecule has 0 spiro atoms. The van der Waals surface area contributed by atoms with Gasteiger partial charge in [0.15, 0.2) is 0 Å². The Hall–Kier alpha value is 1.54. The number of halogens is 4. The van der Waals surface area contributed by atoms with Gasteiger partial charge in [0.1, 0.15) is 4.29 Å². The van der Waals surface area contributed by atoms with Crippen molar-refractivity contribution in [3.63, 3.8) is 0 Å². The van der Waals surface area contributed by atoms with Crippen LogP contribution in [-0.4, -0.2) is 15.0 Å². The molecular weight excluding hydrogens is 303 g/mol. The van der Waals surface area contributed by atoms with Gasteiger partial charge in [-0.25, -0.2) is 0 Å². The Morgan fingerprint density at radius 2 is 1.80 bits per heavy atom. The summed E-state index contributed by atoms with van der Waals surface area (Å²) in [6.07, 6.45) is 3.28. The van der Waals surface area contributed by atoms with E-state index in [9.17, 15) is 0 Å². The van der Waals surface area contributed by atoms with E-state index in [2.05, 4.69) is 31.9 Å². The molecule has 0 saturated carbocycles. The second-order valence-electron chi connectivity index (χ2n) is 2.04. The molecule has 0 aromatic heterocycles. The molecule has 62 valence electrons. The third kappa shape index (κ3) is 6.26. The SMILES string of the molecule is ClCCCCC(Br)C(Cl)Br. The number of hydrogen-bond donors (Lipinski definition) is 0. The standard InChI is InChI=1S/C6H10Br2Cl2/c7-5(6(8)10)3-1-2-4-9/h5-6H,1-4H2. The Kier molecular flexibility index (Phi) is 8.31. The lowest BCUT2D eigenvalue weighted by molar-refractivity contribution is 0.718. The van der Waals surface area contributed by atoms with Crippen molar-refractivity contribution >= 4 is 55.1 Å². The van der Waals surface area contributed by atoms with E-state index in [1.165, 1.54) is 0 Å². The highest BCUT2D eigenvalue weighted by atomic mass is 79.9. The highest BCUT2D eigenvalue weighted by Gasteiger charge is 2.10. The molecule has 10 heavy (non-hydrogen) atoms. The van der Waals surface area contributed by atoms with Crippen LogP contribution >= 0.6 is 55.1 Å². The maximum atomic E-state index is 5.74. The third-order valence-corrected chi connectivity index (χ3v) is 4.35. The van der Waals surface area contributed by atoms with E-state index in [0.29, 0.717) is 4.83 Å². The van der Waals surface area contributed by atoms with Gasteiger partial charge in [-0.2, -0.15) is 0 Å². The lowest BCUT2D eigenvalue weighted by Crippen LogP contribution is -2.06. The maximum absolute atomic E-state index is 5.74. The van der Waals surface area contributed by atoms with Crippen LogP contribution in [0.3, 0.4) is 0 Å². The summed E-state index contributed by atoms with van der Waals surface area (Å²) in [5, 5.41) is 0. The largest absolute Gasteiger partial charge is 0.127 e. The fraction of sp³-hybridized carbons (Fsp3) is 1.00. The topological polar surface area (TPSA) is 0 Å². The fourth-order valence-corrected chi connectivity index (χ4v) is 1.46. The molecule has 2 atom stereocenters. The van der Waals surface area contributed by atoms with Gasteiger partial charge < -0.3 is 0 Å². The van der Waals surface area contributed by atoms with Crippen molar-refractivity contribution in [3.05, 3.63) is 0 Å². The van der Waals surface area contributed by atoms with Gasteiger partial charge in [-0.3, -0.25) is 0 Å². The van der Waals surface area contributed by atoms with Crippen LogP contribution in [0.15, 0.2) is 0 Å². The maximum Gasteiger partial charge on any atom is 0.101 e. The summed E-state index contributed by atoms with van der Waals surface area (Å²) in [6, 6.07) is 0. The molecule has 0 amide bonds. The highest BCUT2D eigenvalue weighted by Crippen LogP contribution is 2.22. The van der Waals surface area contributed by atoms with Crippen molar-refractivity contribution < 1.29 is 0 Å². The molecule has 0 aromatic carbocycles. The van der Waals surface area contributed by atoms with E-state index >= 15 is 0 Å². The van der Waals surface area contributed by atoms with Gasteiger partial charge in [-0.15, -0.1) is 23.2 Å². The smallest absolute Gasteiger partial charge is 0.101 e. The second-order valence-corrected chi connectivity index (χ2v) is 5.57. The molecular formula is C6H10Br2Cl2. The van der Waals surface area contributed by atoms with Crippen molar-refractivity contribution in [1.29, 1.82) is 0 Å². The Morgan fingerprint density at radius 3 is 2.20 bits per heavy atom. The van der Waals surface area contributed by atoms with Crippen molar-refractivity contribution in [2.45, 2.75) is 28.4 Å². The van der Waals surface area contributed by atoms with Crippen molar-refractivity contribution in [3.8, 4) is 0 Å². The van der Waals surface area contributed by atoms with Crippen LogP contribution in [0.4, 0.5) is 0 Å². The molecule has 0 aliphatic carbocycles. The number of rotatable bonds is 5. The summed E-state index contributed by atoms with van der Waals surface area (Å²) in [5.74, 6) is 0.745. The van der Waals surface area contributed by atoms with Crippen LogP contribution in [0.25, 0.3) is 0 Å². The molecule has 0 fully saturated rings. The molecule has 4 heteroatoms. The van der Waals surface area contributed by atoms with Crippen molar-refractivity contribution in [2.75, 3.05) is 5.88 Å². The predicted molar refractivity (Wildman–Crippen MR) is 55.9 cm³/mol. The molecule has 0 nitrogen and oxygen atoms in total. The lowest BCUT2D eigenvalue weighted by Gasteiger charge is -2.08. The van der Waals surface area contributed by atoms with Crippen LogP contribution in [0.5, 0.6) is 0 Å². The van der Waals surface area contributed by atoms with E-state index < -0.39 is 0 Å². The average molecular weight is 313 g/mol. The van der Waals surface area contributed by atoms with Crippen LogP contribution in [0, 0.1) is 0 Å². The molecule has 0 saturated heterocycles. The Labute approximate surface area is 88.9 Å². The van der Waals surface area contributed by atoms with Gasteiger partial charge in [0.25, 0.3) is 0 Å². The third-order valence-electron chi connectivity index (χ3n) is 1.14. The highest BCUT2D eigenvalue weighted by molar-refractivity contribution is 9.12. The number of hydrogen-bond acceptors (Lipinski definition) is 0. The first-order valence-corrected chi connectivity index (χ1v) is 5.97. The van der Waals surface area contributed by atoms with Gasteiger partial charge in [0, 0.05) is 10.7 Å². The predicted octanol–water partition coefficient (Wildman–Crippen LogP) is 4.12. The minimum absolute atomic E-state index is 0.0304. The van der Waals surface area contributed by atoms with E-state index in [1.54, 1.807) is 0 Å². The molecule has 0 rings (SSSR count). The summed E-state index contributed by atoms with van der Waals surface area (Å²) in [6.45, 7) is 0. The van der Waals surface area contributed by atoms with Crippen LogP contribution in [-0.2, 0) is 0 Å². The first-order chi connectivity index (χ1) is 4.68. The van der Waals surface area contributed by atoms with Crippen molar-refractivity contribution in [1.82, 2.24) is 0 Å². The normalized spacial score (nSPS) is 16.8. The number of alkyl halides is 4. The van der Waals surface area contributed by atoms with Gasteiger partial charge in [0.05, 0.1) is 0 Å². The van der Waals surface area contributed by atoms with E-state index in [0.717, 1.165) is 25.1 Å². The van der Waals surface area contributed by atoms with E-state index in [1.807, 2.05) is 0 Å². The summed E-state index contributed by atoms with van der Waals surface area (Å²) < 4.78 is 0.0304.